The maximum absolute atomic E-state index is 14.1. The molecule has 3 aromatic heterocycles. The van der Waals surface area contributed by atoms with E-state index in [1.54, 1.807) is 17.1 Å². The van der Waals surface area contributed by atoms with E-state index < -0.39 is 0 Å². The highest BCUT2D eigenvalue weighted by Crippen LogP contribution is 2.31. The highest BCUT2D eigenvalue weighted by atomic mass is 16.2. The summed E-state index contributed by atoms with van der Waals surface area (Å²) in [7, 11) is 0. The molecule has 4 heterocycles. The SMILES string of the molecule is Cc1cccc2ccnc(N(C(=O)c3ccc(-n4nnc5cccnc54)cc3)C3CCCCNC3)c12. The zero-order valence-electron chi connectivity index (χ0n) is 20.1. The number of hydrogen-bond acceptors (Lipinski definition) is 6. The van der Waals surface area contributed by atoms with Gasteiger partial charge in [0.25, 0.3) is 5.91 Å². The molecule has 8 heteroatoms. The fraction of sp³-hybridized carbons (Fsp3) is 0.250. The number of benzene rings is 2. The summed E-state index contributed by atoms with van der Waals surface area (Å²) in [4.78, 5) is 25.2. The molecule has 0 aliphatic carbocycles. The highest BCUT2D eigenvalue weighted by Gasteiger charge is 2.30. The van der Waals surface area contributed by atoms with Crippen molar-refractivity contribution in [2.45, 2.75) is 32.2 Å². The van der Waals surface area contributed by atoms with Gasteiger partial charge >= 0.3 is 0 Å². The molecule has 36 heavy (non-hydrogen) atoms. The van der Waals surface area contributed by atoms with Crippen molar-refractivity contribution in [1.29, 1.82) is 0 Å². The molecule has 0 spiro atoms. The average Bonchev–Trinajstić information content (AvgIpc) is 3.17. The molecule has 5 aromatic rings. The van der Waals surface area contributed by atoms with E-state index in [2.05, 4.69) is 39.7 Å². The van der Waals surface area contributed by atoms with Crippen LogP contribution in [0.2, 0.25) is 0 Å². The summed E-state index contributed by atoms with van der Waals surface area (Å²) in [6, 6.07) is 19.4. The van der Waals surface area contributed by atoms with E-state index in [9.17, 15) is 4.79 Å². The Morgan fingerprint density at radius 2 is 1.89 bits per heavy atom. The minimum absolute atomic E-state index is 0.0147. The molecule has 8 nitrogen and oxygen atoms in total. The molecule has 2 aromatic carbocycles. The maximum Gasteiger partial charge on any atom is 0.259 e. The molecule has 1 atom stereocenters. The van der Waals surface area contributed by atoms with E-state index in [-0.39, 0.29) is 11.9 Å². The van der Waals surface area contributed by atoms with E-state index in [0.717, 1.165) is 65.7 Å². The number of nitrogens with zero attached hydrogens (tertiary/aromatic N) is 6. The van der Waals surface area contributed by atoms with Gasteiger partial charge in [-0.3, -0.25) is 9.69 Å². The number of amides is 1. The second-order valence-corrected chi connectivity index (χ2v) is 9.23. The molecule has 0 radical (unpaired) electrons. The van der Waals surface area contributed by atoms with Crippen molar-refractivity contribution in [3.63, 3.8) is 0 Å². The van der Waals surface area contributed by atoms with Crippen molar-refractivity contribution in [2.75, 3.05) is 18.0 Å². The topological polar surface area (TPSA) is 88.8 Å². The van der Waals surface area contributed by atoms with Gasteiger partial charge < -0.3 is 5.32 Å². The Morgan fingerprint density at radius 1 is 1.00 bits per heavy atom. The Balaban J connectivity index is 1.41. The van der Waals surface area contributed by atoms with Crippen LogP contribution in [0.5, 0.6) is 0 Å². The third-order valence-electron chi connectivity index (χ3n) is 6.88. The number of nitrogens with one attached hydrogen (secondary N) is 1. The standard InChI is InChI=1S/C28H27N7O/c1-19-6-4-7-20-14-17-31-27(25(19)20)34(23-8-2-3-15-29-18-23)28(36)21-10-12-22(13-11-21)35-26-24(32-33-35)9-5-16-30-26/h4-7,9-14,16-17,23,29H,2-3,8,15,18H2,1H3. The van der Waals surface area contributed by atoms with Gasteiger partial charge in [0, 0.05) is 29.9 Å². The second-order valence-electron chi connectivity index (χ2n) is 9.23. The van der Waals surface area contributed by atoms with Crippen molar-refractivity contribution >= 4 is 33.7 Å². The lowest BCUT2D eigenvalue weighted by Gasteiger charge is -2.31. The minimum Gasteiger partial charge on any atom is -0.315 e. The first-order valence-corrected chi connectivity index (χ1v) is 12.4. The summed E-state index contributed by atoms with van der Waals surface area (Å²) >= 11 is 0. The van der Waals surface area contributed by atoms with Gasteiger partial charge in [0.1, 0.15) is 11.3 Å². The Kier molecular flexibility index (Phi) is 5.87. The van der Waals surface area contributed by atoms with Gasteiger partial charge in [0.05, 0.1) is 11.7 Å². The van der Waals surface area contributed by atoms with Crippen LogP contribution < -0.4 is 10.2 Å². The zero-order chi connectivity index (χ0) is 24.5. The molecule has 1 amide bonds. The number of carbonyl (C=O) groups is 1. The molecule has 0 bridgehead atoms. The molecule has 1 aliphatic rings. The van der Waals surface area contributed by atoms with Crippen LogP contribution in [0.3, 0.4) is 0 Å². The Bertz CT molecular complexity index is 1530. The summed E-state index contributed by atoms with van der Waals surface area (Å²) in [6.07, 6.45) is 6.62. The van der Waals surface area contributed by atoms with Crippen LogP contribution in [0.15, 0.2) is 73.1 Å². The number of rotatable bonds is 4. The molecule has 1 saturated heterocycles. The van der Waals surface area contributed by atoms with Crippen molar-refractivity contribution < 1.29 is 4.79 Å². The van der Waals surface area contributed by atoms with Gasteiger partial charge in [-0.05, 0) is 79.7 Å². The smallest absolute Gasteiger partial charge is 0.259 e. The van der Waals surface area contributed by atoms with Gasteiger partial charge in [0.15, 0.2) is 5.65 Å². The first-order chi connectivity index (χ1) is 17.7. The van der Waals surface area contributed by atoms with Gasteiger partial charge in [-0.1, -0.05) is 29.8 Å². The summed E-state index contributed by atoms with van der Waals surface area (Å²) in [6.45, 7) is 3.78. The van der Waals surface area contributed by atoms with Crippen molar-refractivity contribution in [2.24, 2.45) is 0 Å². The molecule has 180 valence electrons. The summed E-state index contributed by atoms with van der Waals surface area (Å²) in [5.74, 6) is 0.667. The quantitative estimate of drug-likeness (QED) is 0.411. The Morgan fingerprint density at radius 3 is 2.78 bits per heavy atom. The summed E-state index contributed by atoms with van der Waals surface area (Å²) in [5.41, 5.74) is 3.92. The number of aryl methyl sites for hydroxylation is 1. The third-order valence-corrected chi connectivity index (χ3v) is 6.88. The van der Waals surface area contributed by atoms with Gasteiger partial charge in [-0.2, -0.15) is 4.68 Å². The molecule has 1 unspecified atom stereocenters. The van der Waals surface area contributed by atoms with Gasteiger partial charge in [-0.25, -0.2) is 9.97 Å². The number of fused-ring (bicyclic) bond motifs is 2. The van der Waals surface area contributed by atoms with Gasteiger partial charge in [-0.15, -0.1) is 5.10 Å². The van der Waals surface area contributed by atoms with Crippen molar-refractivity contribution in [3.05, 3.63) is 84.2 Å². The average molecular weight is 478 g/mol. The first-order valence-electron chi connectivity index (χ1n) is 12.4. The van der Waals surface area contributed by atoms with Crippen LogP contribution in [0.4, 0.5) is 5.82 Å². The molecule has 0 saturated carbocycles. The van der Waals surface area contributed by atoms with E-state index in [0.29, 0.717) is 11.2 Å². The lowest BCUT2D eigenvalue weighted by Crippen LogP contribution is -2.46. The minimum atomic E-state index is -0.0555. The predicted octanol–water partition coefficient (Wildman–Crippen LogP) is 4.46. The number of aromatic nitrogens is 5. The van der Waals surface area contributed by atoms with Crippen LogP contribution in [-0.2, 0) is 0 Å². The van der Waals surface area contributed by atoms with E-state index in [1.807, 2.05) is 53.4 Å². The lowest BCUT2D eigenvalue weighted by molar-refractivity contribution is 0.0975. The summed E-state index contributed by atoms with van der Waals surface area (Å²) in [5, 5.41) is 14.0. The number of pyridine rings is 2. The van der Waals surface area contributed by atoms with E-state index >= 15 is 0 Å². The number of anilines is 1. The lowest BCUT2D eigenvalue weighted by atomic mass is 10.0. The Hall–Kier alpha value is -4.17. The fourth-order valence-corrected chi connectivity index (χ4v) is 5.05. The van der Waals surface area contributed by atoms with Crippen LogP contribution in [-0.4, -0.2) is 50.0 Å². The predicted molar refractivity (Wildman–Crippen MR) is 140 cm³/mol. The van der Waals surface area contributed by atoms with Crippen LogP contribution in [0.25, 0.3) is 27.6 Å². The van der Waals surface area contributed by atoms with E-state index in [1.165, 1.54) is 0 Å². The second kappa shape index (κ2) is 9.47. The third kappa shape index (κ3) is 3.99. The molecule has 1 N–H and O–H groups in total. The molecule has 6 rings (SSSR count). The monoisotopic (exact) mass is 477 g/mol. The highest BCUT2D eigenvalue weighted by molar-refractivity contribution is 6.10. The van der Waals surface area contributed by atoms with Crippen molar-refractivity contribution in [1.82, 2.24) is 30.3 Å². The summed E-state index contributed by atoms with van der Waals surface area (Å²) < 4.78 is 1.69. The number of hydrogen-bond donors (Lipinski definition) is 1. The van der Waals surface area contributed by atoms with Crippen LogP contribution >= 0.6 is 0 Å². The molecular formula is C28H27N7O. The molecule has 1 fully saturated rings. The molecular weight excluding hydrogens is 450 g/mol. The van der Waals surface area contributed by atoms with Crippen LogP contribution in [0, 0.1) is 6.92 Å². The maximum atomic E-state index is 14.1. The Labute approximate surface area is 209 Å². The zero-order valence-corrected chi connectivity index (χ0v) is 20.1. The number of carbonyl (C=O) groups excluding carboxylic acids is 1. The van der Waals surface area contributed by atoms with Crippen LogP contribution in [0.1, 0.15) is 35.2 Å². The van der Waals surface area contributed by atoms with Crippen molar-refractivity contribution in [3.8, 4) is 5.69 Å². The van der Waals surface area contributed by atoms with Gasteiger partial charge in [0.2, 0.25) is 0 Å². The fourth-order valence-electron chi connectivity index (χ4n) is 5.05. The van der Waals surface area contributed by atoms with E-state index in [4.69, 9.17) is 4.98 Å². The normalized spacial score (nSPS) is 16.2. The first kappa shape index (κ1) is 22.3. The largest absolute Gasteiger partial charge is 0.315 e. The molecule has 1 aliphatic heterocycles.